The summed E-state index contributed by atoms with van der Waals surface area (Å²) in [4.78, 5) is 13.0. The number of halogens is 2. The van der Waals surface area contributed by atoms with E-state index in [1.54, 1.807) is 19.1 Å². The third-order valence-corrected chi connectivity index (χ3v) is 8.21. The molecular formula is C23H26F2N2O3S. The zero-order chi connectivity index (χ0) is 22.2. The Balaban J connectivity index is 1.37. The van der Waals surface area contributed by atoms with E-state index in [2.05, 4.69) is 5.32 Å². The maximum absolute atomic E-state index is 14.0. The van der Waals surface area contributed by atoms with Crippen molar-refractivity contribution in [3.05, 3.63) is 64.7 Å². The van der Waals surface area contributed by atoms with Crippen molar-refractivity contribution in [2.45, 2.75) is 50.0 Å². The fraction of sp³-hybridized carbons (Fsp3) is 0.435. The second-order valence-corrected chi connectivity index (χ2v) is 10.3. The molecule has 166 valence electrons. The van der Waals surface area contributed by atoms with Gasteiger partial charge in [-0.2, -0.15) is 4.31 Å². The van der Waals surface area contributed by atoms with E-state index in [1.807, 2.05) is 6.07 Å². The van der Waals surface area contributed by atoms with Crippen LogP contribution in [0.4, 0.5) is 8.78 Å². The summed E-state index contributed by atoms with van der Waals surface area (Å²) in [6, 6.07) is 8.03. The van der Waals surface area contributed by atoms with E-state index in [0.717, 1.165) is 37.0 Å². The van der Waals surface area contributed by atoms with Gasteiger partial charge in [0.1, 0.15) is 11.6 Å². The number of sulfonamides is 1. The smallest absolute Gasteiger partial charge is 0.243 e. The standard InChI is InChI=1S/C23H26F2N2O3S/c1-15(21-8-6-19(24)14-22(21)25)26-23(28)17-9-11-27(12-10-17)31(29,30)20-7-5-16-3-2-4-18(16)13-20/h5-8,13-15,17H,2-4,9-12H2,1H3,(H,26,28)/t15-/m0/s1. The summed E-state index contributed by atoms with van der Waals surface area (Å²) in [7, 11) is -3.59. The van der Waals surface area contributed by atoms with E-state index in [0.29, 0.717) is 17.7 Å². The first-order valence-electron chi connectivity index (χ1n) is 10.6. The second-order valence-electron chi connectivity index (χ2n) is 8.36. The molecule has 0 bridgehead atoms. The Morgan fingerprint density at radius 3 is 2.48 bits per heavy atom. The van der Waals surface area contributed by atoms with E-state index in [-0.39, 0.29) is 30.5 Å². The van der Waals surface area contributed by atoms with Gasteiger partial charge in [-0.3, -0.25) is 4.79 Å². The first-order valence-corrected chi connectivity index (χ1v) is 12.1. The molecule has 8 heteroatoms. The largest absolute Gasteiger partial charge is 0.349 e. The summed E-state index contributed by atoms with van der Waals surface area (Å²) in [6.07, 6.45) is 3.76. The number of nitrogens with one attached hydrogen (secondary N) is 1. The number of amides is 1. The highest BCUT2D eigenvalue weighted by atomic mass is 32.2. The summed E-state index contributed by atoms with van der Waals surface area (Å²) in [6.45, 7) is 2.16. The topological polar surface area (TPSA) is 66.5 Å². The highest BCUT2D eigenvalue weighted by Crippen LogP contribution is 2.29. The van der Waals surface area contributed by atoms with Crippen LogP contribution in [0, 0.1) is 17.6 Å². The zero-order valence-electron chi connectivity index (χ0n) is 17.4. The highest BCUT2D eigenvalue weighted by Gasteiger charge is 2.33. The molecule has 0 spiro atoms. The van der Waals surface area contributed by atoms with Crippen LogP contribution in [0.15, 0.2) is 41.3 Å². The van der Waals surface area contributed by atoms with Crippen LogP contribution in [-0.4, -0.2) is 31.7 Å². The van der Waals surface area contributed by atoms with Crippen molar-refractivity contribution in [1.29, 1.82) is 0 Å². The van der Waals surface area contributed by atoms with Gasteiger partial charge in [0.2, 0.25) is 15.9 Å². The third kappa shape index (κ3) is 4.50. The Morgan fingerprint density at radius 1 is 1.06 bits per heavy atom. The predicted molar refractivity (Wildman–Crippen MR) is 113 cm³/mol. The molecule has 1 fully saturated rings. The molecule has 1 saturated heterocycles. The minimum absolute atomic E-state index is 0.214. The number of carbonyl (C=O) groups is 1. The van der Waals surface area contributed by atoms with E-state index in [1.165, 1.54) is 15.9 Å². The number of hydrogen-bond acceptors (Lipinski definition) is 3. The molecule has 5 nitrogen and oxygen atoms in total. The van der Waals surface area contributed by atoms with Crippen LogP contribution in [0.2, 0.25) is 0 Å². The van der Waals surface area contributed by atoms with Gasteiger partial charge < -0.3 is 5.32 Å². The molecule has 1 atom stereocenters. The summed E-state index contributed by atoms with van der Waals surface area (Å²) in [5, 5.41) is 2.77. The summed E-state index contributed by atoms with van der Waals surface area (Å²) in [5.41, 5.74) is 2.55. The number of rotatable bonds is 5. The lowest BCUT2D eigenvalue weighted by Crippen LogP contribution is -2.43. The Hall–Kier alpha value is -2.32. The molecule has 0 unspecified atom stereocenters. The molecule has 2 aromatic carbocycles. The zero-order valence-corrected chi connectivity index (χ0v) is 18.2. The molecule has 31 heavy (non-hydrogen) atoms. The molecule has 0 radical (unpaired) electrons. The van der Waals surface area contributed by atoms with Gasteiger partial charge >= 0.3 is 0 Å². The van der Waals surface area contributed by atoms with Crippen LogP contribution in [0.25, 0.3) is 0 Å². The molecule has 1 N–H and O–H groups in total. The summed E-state index contributed by atoms with van der Waals surface area (Å²) < 4.78 is 54.6. The van der Waals surface area contributed by atoms with Gasteiger partial charge in [-0.25, -0.2) is 17.2 Å². The van der Waals surface area contributed by atoms with Crippen molar-refractivity contribution < 1.29 is 22.0 Å². The monoisotopic (exact) mass is 448 g/mol. The lowest BCUT2D eigenvalue weighted by molar-refractivity contribution is -0.126. The van der Waals surface area contributed by atoms with Crippen molar-refractivity contribution >= 4 is 15.9 Å². The maximum atomic E-state index is 14.0. The number of piperidine rings is 1. The van der Waals surface area contributed by atoms with Gasteiger partial charge in [-0.05, 0) is 68.4 Å². The predicted octanol–water partition coefficient (Wildman–Crippen LogP) is 3.73. The van der Waals surface area contributed by atoms with Gasteiger partial charge in [0, 0.05) is 30.6 Å². The molecule has 1 aliphatic heterocycles. The van der Waals surface area contributed by atoms with Gasteiger partial charge in [0.15, 0.2) is 0 Å². The molecular weight excluding hydrogens is 422 g/mol. The second kappa shape index (κ2) is 8.67. The highest BCUT2D eigenvalue weighted by molar-refractivity contribution is 7.89. The fourth-order valence-corrected chi connectivity index (χ4v) is 6.00. The molecule has 4 rings (SSSR count). The van der Waals surface area contributed by atoms with Crippen LogP contribution >= 0.6 is 0 Å². The molecule has 2 aromatic rings. The van der Waals surface area contributed by atoms with E-state index in [4.69, 9.17) is 0 Å². The van der Waals surface area contributed by atoms with Crippen molar-refractivity contribution in [2.24, 2.45) is 5.92 Å². The van der Waals surface area contributed by atoms with Crippen molar-refractivity contribution in [3.63, 3.8) is 0 Å². The van der Waals surface area contributed by atoms with Crippen LogP contribution in [0.5, 0.6) is 0 Å². The van der Waals surface area contributed by atoms with E-state index >= 15 is 0 Å². The summed E-state index contributed by atoms with van der Waals surface area (Å²) in [5.74, 6) is -1.97. The number of fused-ring (bicyclic) bond motifs is 1. The minimum Gasteiger partial charge on any atom is -0.349 e. The first kappa shape index (κ1) is 21.9. The number of carbonyl (C=O) groups excluding carboxylic acids is 1. The number of nitrogens with zero attached hydrogens (tertiary/aromatic N) is 1. The lowest BCUT2D eigenvalue weighted by Gasteiger charge is -2.31. The maximum Gasteiger partial charge on any atom is 0.243 e. The van der Waals surface area contributed by atoms with Crippen LogP contribution < -0.4 is 5.32 Å². The number of hydrogen-bond donors (Lipinski definition) is 1. The molecule has 1 aliphatic carbocycles. The van der Waals surface area contributed by atoms with E-state index < -0.39 is 27.7 Å². The van der Waals surface area contributed by atoms with Gasteiger partial charge in [0.05, 0.1) is 10.9 Å². The van der Waals surface area contributed by atoms with Gasteiger partial charge in [0.25, 0.3) is 0 Å². The van der Waals surface area contributed by atoms with E-state index in [9.17, 15) is 22.0 Å². The average molecular weight is 449 g/mol. The molecule has 0 saturated carbocycles. The van der Waals surface area contributed by atoms with Crippen LogP contribution in [0.3, 0.4) is 0 Å². The quantitative estimate of drug-likeness (QED) is 0.758. The van der Waals surface area contributed by atoms with Gasteiger partial charge in [-0.15, -0.1) is 0 Å². The normalized spacial score (nSPS) is 18.5. The third-order valence-electron chi connectivity index (χ3n) is 6.32. The molecule has 1 heterocycles. The number of aryl methyl sites for hydroxylation is 2. The Labute approximate surface area is 181 Å². The summed E-state index contributed by atoms with van der Waals surface area (Å²) >= 11 is 0. The van der Waals surface area contributed by atoms with Crippen LogP contribution in [-0.2, 0) is 27.7 Å². The van der Waals surface area contributed by atoms with Crippen LogP contribution in [0.1, 0.15) is 48.9 Å². The van der Waals surface area contributed by atoms with Crippen molar-refractivity contribution in [1.82, 2.24) is 9.62 Å². The Bertz CT molecular complexity index is 1100. The SMILES string of the molecule is C[C@H](NC(=O)C1CCN(S(=O)(=O)c2ccc3c(c2)CCC3)CC1)c1ccc(F)cc1F. The molecule has 0 aromatic heterocycles. The first-order chi connectivity index (χ1) is 14.8. The Morgan fingerprint density at radius 2 is 1.77 bits per heavy atom. The molecule has 1 amide bonds. The number of benzene rings is 2. The minimum atomic E-state index is -3.59. The fourth-order valence-electron chi connectivity index (χ4n) is 4.48. The molecule has 2 aliphatic rings. The van der Waals surface area contributed by atoms with Crippen molar-refractivity contribution in [3.8, 4) is 0 Å². The average Bonchev–Trinajstić information content (AvgIpc) is 3.21. The Kier molecular flexibility index (Phi) is 6.12. The van der Waals surface area contributed by atoms with Gasteiger partial charge in [-0.1, -0.05) is 12.1 Å². The van der Waals surface area contributed by atoms with Crippen molar-refractivity contribution in [2.75, 3.05) is 13.1 Å². The lowest BCUT2D eigenvalue weighted by atomic mass is 9.96.